The molecule has 118 valence electrons. The monoisotopic (exact) mass is 307 g/mol. The van der Waals surface area contributed by atoms with Crippen LogP contribution < -0.4 is 10.6 Å². The van der Waals surface area contributed by atoms with Gasteiger partial charge in [0.1, 0.15) is 11.9 Å². The number of amides is 2. The number of nitriles is 1. The fourth-order valence-corrected chi connectivity index (χ4v) is 1.70. The van der Waals surface area contributed by atoms with E-state index in [0.717, 1.165) is 12.1 Å². The fourth-order valence-electron chi connectivity index (χ4n) is 1.70. The second-order valence-electron chi connectivity index (χ2n) is 4.87. The van der Waals surface area contributed by atoms with Gasteiger partial charge in [0.05, 0.1) is 11.2 Å². The van der Waals surface area contributed by atoms with Crippen molar-refractivity contribution in [2.24, 2.45) is 0 Å². The number of hydrogen-bond donors (Lipinski definition) is 3. The van der Waals surface area contributed by atoms with Gasteiger partial charge in [-0.05, 0) is 31.0 Å². The number of aliphatic hydroxyl groups is 1. The Morgan fingerprint density at radius 3 is 2.50 bits per heavy atom. The maximum absolute atomic E-state index is 13.2. The fraction of sp³-hybridized carbons (Fsp3) is 0.400. The number of anilines is 1. The van der Waals surface area contributed by atoms with Crippen LogP contribution >= 0.6 is 0 Å². The number of nitrogens with zero attached hydrogens (tertiary/aromatic N) is 1. The van der Waals surface area contributed by atoms with E-state index in [9.17, 15) is 19.1 Å². The number of carbonyl (C=O) groups excluding carboxylic acids is 2. The maximum atomic E-state index is 13.2. The molecule has 7 heteroatoms. The van der Waals surface area contributed by atoms with Crippen LogP contribution in [0.5, 0.6) is 0 Å². The molecule has 6 nitrogen and oxygen atoms in total. The van der Waals surface area contributed by atoms with Gasteiger partial charge in [-0.1, -0.05) is 13.8 Å². The number of hydrogen-bond acceptors (Lipinski definition) is 4. The zero-order valence-electron chi connectivity index (χ0n) is 12.4. The SMILES string of the molecule is CCC(O)(CC)CNC(=O)C(=O)Nc1ccc(F)c(C#N)c1. The molecule has 0 aromatic heterocycles. The first kappa shape index (κ1) is 17.6. The Kier molecular flexibility index (Phi) is 6.01. The first-order chi connectivity index (χ1) is 10.3. The van der Waals surface area contributed by atoms with Gasteiger partial charge < -0.3 is 15.7 Å². The largest absolute Gasteiger partial charge is 0.388 e. The van der Waals surface area contributed by atoms with E-state index in [2.05, 4.69) is 10.6 Å². The van der Waals surface area contributed by atoms with Crippen LogP contribution in [0.2, 0.25) is 0 Å². The van der Waals surface area contributed by atoms with Crippen molar-refractivity contribution in [3.8, 4) is 6.07 Å². The molecule has 0 fully saturated rings. The molecule has 0 saturated heterocycles. The van der Waals surface area contributed by atoms with Crippen LogP contribution in [0, 0.1) is 17.1 Å². The smallest absolute Gasteiger partial charge is 0.313 e. The highest BCUT2D eigenvalue weighted by molar-refractivity contribution is 6.39. The molecule has 22 heavy (non-hydrogen) atoms. The van der Waals surface area contributed by atoms with E-state index in [1.807, 2.05) is 0 Å². The number of nitrogens with one attached hydrogen (secondary N) is 2. The molecule has 0 radical (unpaired) electrons. The molecule has 0 aliphatic carbocycles. The first-order valence-corrected chi connectivity index (χ1v) is 6.86. The van der Waals surface area contributed by atoms with Gasteiger partial charge in [-0.3, -0.25) is 9.59 Å². The number of rotatable bonds is 5. The third-order valence-corrected chi connectivity index (χ3v) is 3.45. The van der Waals surface area contributed by atoms with Crippen molar-refractivity contribution in [3.63, 3.8) is 0 Å². The Hall–Kier alpha value is -2.46. The third-order valence-electron chi connectivity index (χ3n) is 3.45. The standard InChI is InChI=1S/C15H18FN3O3/c1-3-15(22,4-2)9-18-13(20)14(21)19-11-5-6-12(16)10(7-11)8-17/h5-7,22H,3-4,9H2,1-2H3,(H,18,20)(H,19,21). The molecule has 0 spiro atoms. The van der Waals surface area contributed by atoms with Crippen LogP contribution in [-0.2, 0) is 9.59 Å². The van der Waals surface area contributed by atoms with Gasteiger partial charge in [-0.25, -0.2) is 4.39 Å². The average molecular weight is 307 g/mol. The highest BCUT2D eigenvalue weighted by Crippen LogP contribution is 2.14. The molecule has 0 heterocycles. The van der Waals surface area contributed by atoms with Crippen molar-refractivity contribution in [2.45, 2.75) is 32.3 Å². The van der Waals surface area contributed by atoms with Gasteiger partial charge >= 0.3 is 11.8 Å². The predicted molar refractivity (Wildman–Crippen MR) is 78.3 cm³/mol. The Morgan fingerprint density at radius 2 is 1.95 bits per heavy atom. The van der Waals surface area contributed by atoms with Crippen LogP contribution in [0.15, 0.2) is 18.2 Å². The van der Waals surface area contributed by atoms with Crippen molar-refractivity contribution in [3.05, 3.63) is 29.6 Å². The summed E-state index contributed by atoms with van der Waals surface area (Å²) in [7, 11) is 0. The van der Waals surface area contributed by atoms with E-state index in [1.54, 1.807) is 19.9 Å². The van der Waals surface area contributed by atoms with Crippen LogP contribution in [-0.4, -0.2) is 29.1 Å². The van der Waals surface area contributed by atoms with Crippen LogP contribution in [0.3, 0.4) is 0 Å². The quantitative estimate of drug-likeness (QED) is 0.713. The molecule has 0 bridgehead atoms. The van der Waals surface area contributed by atoms with Crippen molar-refractivity contribution < 1.29 is 19.1 Å². The molecule has 0 atom stereocenters. The van der Waals surface area contributed by atoms with Crippen LogP contribution in [0.1, 0.15) is 32.3 Å². The van der Waals surface area contributed by atoms with E-state index in [4.69, 9.17) is 5.26 Å². The summed E-state index contributed by atoms with van der Waals surface area (Å²) in [6, 6.07) is 5.04. The third kappa shape index (κ3) is 4.53. The van der Waals surface area contributed by atoms with Crippen molar-refractivity contribution in [1.82, 2.24) is 5.32 Å². The molecular weight excluding hydrogens is 289 g/mol. The lowest BCUT2D eigenvalue weighted by Gasteiger charge is -2.25. The summed E-state index contributed by atoms with van der Waals surface area (Å²) in [5, 5.41) is 23.3. The summed E-state index contributed by atoms with van der Waals surface area (Å²) in [5.74, 6) is -2.57. The molecule has 0 unspecified atom stereocenters. The number of benzene rings is 1. The summed E-state index contributed by atoms with van der Waals surface area (Å²) in [6.45, 7) is 3.51. The highest BCUT2D eigenvalue weighted by atomic mass is 19.1. The Balaban J connectivity index is 2.66. The van der Waals surface area contributed by atoms with E-state index in [0.29, 0.717) is 12.8 Å². The van der Waals surface area contributed by atoms with Gasteiger partial charge in [-0.15, -0.1) is 0 Å². The molecule has 3 N–H and O–H groups in total. The van der Waals surface area contributed by atoms with Crippen LogP contribution in [0.4, 0.5) is 10.1 Å². The summed E-state index contributed by atoms with van der Waals surface area (Å²) in [6.07, 6.45) is 0.879. The molecule has 0 saturated carbocycles. The molecular formula is C15H18FN3O3. The summed E-state index contributed by atoms with van der Waals surface area (Å²) < 4.78 is 13.2. The van der Waals surface area contributed by atoms with E-state index >= 15 is 0 Å². The Labute approximate surface area is 127 Å². The minimum Gasteiger partial charge on any atom is -0.388 e. The second-order valence-corrected chi connectivity index (χ2v) is 4.87. The summed E-state index contributed by atoms with van der Waals surface area (Å²) in [4.78, 5) is 23.4. The lowest BCUT2D eigenvalue weighted by Crippen LogP contribution is -2.45. The average Bonchev–Trinajstić information content (AvgIpc) is 2.53. The van der Waals surface area contributed by atoms with Gasteiger partial charge in [0.15, 0.2) is 0 Å². The van der Waals surface area contributed by atoms with E-state index in [-0.39, 0.29) is 17.8 Å². The maximum Gasteiger partial charge on any atom is 0.313 e. The molecule has 0 aliphatic heterocycles. The van der Waals surface area contributed by atoms with Crippen LogP contribution in [0.25, 0.3) is 0 Å². The molecule has 1 aromatic rings. The Morgan fingerprint density at radius 1 is 1.32 bits per heavy atom. The van der Waals surface area contributed by atoms with Crippen molar-refractivity contribution in [1.29, 1.82) is 5.26 Å². The summed E-state index contributed by atoms with van der Waals surface area (Å²) in [5.41, 5.74) is -1.15. The van der Waals surface area contributed by atoms with Gasteiger partial charge in [0.25, 0.3) is 0 Å². The van der Waals surface area contributed by atoms with E-state index < -0.39 is 23.2 Å². The van der Waals surface area contributed by atoms with Gasteiger partial charge in [-0.2, -0.15) is 5.26 Å². The zero-order valence-corrected chi connectivity index (χ0v) is 12.4. The molecule has 2 amide bonds. The minimum atomic E-state index is -1.06. The normalized spacial score (nSPS) is 10.7. The highest BCUT2D eigenvalue weighted by Gasteiger charge is 2.24. The molecule has 0 aliphatic rings. The number of carbonyl (C=O) groups is 2. The lowest BCUT2D eigenvalue weighted by molar-refractivity contribution is -0.136. The van der Waals surface area contributed by atoms with Gasteiger partial charge in [0, 0.05) is 12.2 Å². The lowest BCUT2D eigenvalue weighted by atomic mass is 9.98. The predicted octanol–water partition coefficient (Wildman–Crippen LogP) is 1.30. The number of halogens is 1. The second kappa shape index (κ2) is 7.52. The first-order valence-electron chi connectivity index (χ1n) is 6.86. The van der Waals surface area contributed by atoms with Crippen molar-refractivity contribution in [2.75, 3.05) is 11.9 Å². The zero-order chi connectivity index (χ0) is 16.8. The minimum absolute atomic E-state index is 0.0425. The van der Waals surface area contributed by atoms with Gasteiger partial charge in [0.2, 0.25) is 0 Å². The van der Waals surface area contributed by atoms with Crippen molar-refractivity contribution >= 4 is 17.5 Å². The summed E-state index contributed by atoms with van der Waals surface area (Å²) >= 11 is 0. The molecule has 1 rings (SSSR count). The topological polar surface area (TPSA) is 102 Å². The molecule has 1 aromatic carbocycles. The Bertz CT molecular complexity index is 607. The van der Waals surface area contributed by atoms with E-state index in [1.165, 1.54) is 6.07 Å².